The number of ether oxygens (including phenoxy) is 1. The van der Waals surface area contributed by atoms with E-state index in [2.05, 4.69) is 32.3 Å². The first-order chi connectivity index (χ1) is 14.2. The highest BCUT2D eigenvalue weighted by Crippen LogP contribution is 2.24. The number of benzene rings is 1. The van der Waals surface area contributed by atoms with Crippen molar-refractivity contribution < 1.29 is 9.53 Å². The third-order valence-corrected chi connectivity index (χ3v) is 5.05. The second-order valence-corrected chi connectivity index (χ2v) is 8.85. The Morgan fingerprint density at radius 3 is 2.70 bits per heavy atom. The Bertz CT molecular complexity index is 907. The van der Waals surface area contributed by atoms with Crippen LogP contribution in [0.1, 0.15) is 38.4 Å². The van der Waals surface area contributed by atoms with Gasteiger partial charge in [-0.1, -0.05) is 30.3 Å². The fourth-order valence-electron chi connectivity index (χ4n) is 3.84. The van der Waals surface area contributed by atoms with Crippen LogP contribution in [0.3, 0.4) is 0 Å². The first-order valence-electron chi connectivity index (χ1n) is 10.3. The highest BCUT2D eigenvalue weighted by Gasteiger charge is 2.34. The Morgan fingerprint density at radius 2 is 2.03 bits per heavy atom. The number of nitrogen functional groups attached to an aromatic ring is 1. The summed E-state index contributed by atoms with van der Waals surface area (Å²) in [6.07, 6.45) is 0.990. The predicted octanol–water partition coefficient (Wildman–Crippen LogP) is 2.31. The average molecular weight is 414 g/mol. The number of hydrogen-bond acceptors (Lipinski definition) is 6. The van der Waals surface area contributed by atoms with Crippen LogP contribution in [0, 0.1) is 5.92 Å². The minimum Gasteiger partial charge on any atom is -0.444 e. The van der Waals surface area contributed by atoms with Gasteiger partial charge in [0, 0.05) is 37.4 Å². The molecular weight excluding hydrogens is 382 g/mol. The van der Waals surface area contributed by atoms with E-state index < -0.39 is 11.7 Å². The summed E-state index contributed by atoms with van der Waals surface area (Å²) in [6, 6.07) is 11.7. The standard InChI is InChI=1S/C22H31N5O3/c1-22(2,3)30-21(29)25-18-14-27(12-15-7-5-4-6-8-15)13-16(18)9-10-17-11-19(28)26-20(23)24-17/h4-8,11,16,18H,9-10,12-14H2,1-3H3,(H,25,29)(H3,23,24,26,28)/t16-,18+/m1/s1. The van der Waals surface area contributed by atoms with Crippen molar-refractivity contribution in [3.05, 3.63) is 58.0 Å². The zero-order valence-electron chi connectivity index (χ0n) is 17.9. The summed E-state index contributed by atoms with van der Waals surface area (Å²) in [6.45, 7) is 7.95. The monoisotopic (exact) mass is 413 g/mol. The topological polar surface area (TPSA) is 113 Å². The van der Waals surface area contributed by atoms with Crippen molar-refractivity contribution in [2.45, 2.75) is 51.8 Å². The number of carbonyl (C=O) groups is 1. The summed E-state index contributed by atoms with van der Waals surface area (Å²) in [5.41, 5.74) is 6.75. The van der Waals surface area contributed by atoms with Crippen LogP contribution in [0.2, 0.25) is 0 Å². The number of aryl methyl sites for hydroxylation is 1. The number of nitrogens with one attached hydrogen (secondary N) is 2. The molecule has 8 nitrogen and oxygen atoms in total. The number of nitrogens with zero attached hydrogens (tertiary/aromatic N) is 2. The molecule has 1 aliphatic rings. The Hall–Kier alpha value is -2.87. The van der Waals surface area contributed by atoms with E-state index in [0.29, 0.717) is 12.1 Å². The number of anilines is 1. The first-order valence-corrected chi connectivity index (χ1v) is 10.3. The molecule has 0 unspecified atom stereocenters. The number of aromatic nitrogens is 2. The predicted molar refractivity (Wildman–Crippen MR) is 116 cm³/mol. The molecule has 4 N–H and O–H groups in total. The summed E-state index contributed by atoms with van der Waals surface area (Å²) in [5.74, 6) is 0.335. The van der Waals surface area contributed by atoms with Crippen molar-refractivity contribution in [3.8, 4) is 0 Å². The number of nitrogens with two attached hydrogens (primary N) is 1. The van der Waals surface area contributed by atoms with Gasteiger partial charge < -0.3 is 15.8 Å². The van der Waals surface area contributed by atoms with Gasteiger partial charge in [0.1, 0.15) is 5.60 Å². The fourth-order valence-corrected chi connectivity index (χ4v) is 3.84. The second kappa shape index (κ2) is 9.30. The molecule has 3 rings (SSSR count). The van der Waals surface area contributed by atoms with Gasteiger partial charge >= 0.3 is 6.09 Å². The number of hydrogen-bond donors (Lipinski definition) is 3. The third kappa shape index (κ3) is 6.59. The zero-order chi connectivity index (χ0) is 21.7. The highest BCUT2D eigenvalue weighted by molar-refractivity contribution is 5.68. The Labute approximate surface area is 176 Å². The molecule has 1 fully saturated rings. The molecule has 0 aliphatic carbocycles. The van der Waals surface area contributed by atoms with Crippen molar-refractivity contribution in [3.63, 3.8) is 0 Å². The molecule has 0 bridgehead atoms. The molecule has 1 aromatic carbocycles. The number of amides is 1. The van der Waals surface area contributed by atoms with Crippen LogP contribution in [0.15, 0.2) is 41.2 Å². The lowest BCUT2D eigenvalue weighted by molar-refractivity contribution is 0.0495. The highest BCUT2D eigenvalue weighted by atomic mass is 16.6. The molecule has 1 aromatic heterocycles. The minimum atomic E-state index is -0.547. The van der Waals surface area contributed by atoms with Gasteiger partial charge in [-0.25, -0.2) is 9.78 Å². The van der Waals surface area contributed by atoms with Gasteiger partial charge in [-0.3, -0.25) is 14.7 Å². The zero-order valence-corrected chi connectivity index (χ0v) is 17.9. The lowest BCUT2D eigenvalue weighted by Gasteiger charge is -2.24. The van der Waals surface area contributed by atoms with E-state index >= 15 is 0 Å². The van der Waals surface area contributed by atoms with E-state index in [-0.39, 0.29) is 23.5 Å². The molecule has 1 saturated heterocycles. The summed E-state index contributed by atoms with van der Waals surface area (Å²) < 4.78 is 5.45. The van der Waals surface area contributed by atoms with Crippen molar-refractivity contribution in [1.29, 1.82) is 0 Å². The van der Waals surface area contributed by atoms with E-state index in [0.717, 1.165) is 26.1 Å². The largest absolute Gasteiger partial charge is 0.444 e. The van der Waals surface area contributed by atoms with Gasteiger partial charge in [-0.2, -0.15) is 0 Å². The molecule has 1 amide bonds. The summed E-state index contributed by atoms with van der Waals surface area (Å²) >= 11 is 0. The molecule has 2 heterocycles. The van der Waals surface area contributed by atoms with Crippen molar-refractivity contribution in [1.82, 2.24) is 20.2 Å². The minimum absolute atomic E-state index is 0.0390. The number of aromatic amines is 1. The van der Waals surface area contributed by atoms with Crippen LogP contribution in [-0.2, 0) is 17.7 Å². The van der Waals surface area contributed by atoms with Crippen LogP contribution in [0.4, 0.5) is 10.7 Å². The Kier molecular flexibility index (Phi) is 6.77. The molecule has 2 atom stereocenters. The third-order valence-electron chi connectivity index (χ3n) is 5.05. The van der Waals surface area contributed by atoms with Crippen molar-refractivity contribution >= 4 is 12.0 Å². The van der Waals surface area contributed by atoms with E-state index in [1.165, 1.54) is 11.6 Å². The van der Waals surface area contributed by atoms with Crippen molar-refractivity contribution in [2.24, 2.45) is 5.92 Å². The first kappa shape index (κ1) is 21.8. The van der Waals surface area contributed by atoms with Gasteiger partial charge in [0.15, 0.2) is 0 Å². The van der Waals surface area contributed by atoms with Crippen LogP contribution in [-0.4, -0.2) is 45.7 Å². The van der Waals surface area contributed by atoms with E-state index in [9.17, 15) is 9.59 Å². The average Bonchev–Trinajstić information content (AvgIpc) is 2.99. The molecule has 2 aromatic rings. The van der Waals surface area contributed by atoms with Gasteiger partial charge in [0.05, 0.1) is 0 Å². The number of rotatable bonds is 6. The molecule has 0 radical (unpaired) electrons. The number of carbonyl (C=O) groups excluding carboxylic acids is 1. The van der Waals surface area contributed by atoms with E-state index in [1.807, 2.05) is 39.0 Å². The smallest absolute Gasteiger partial charge is 0.407 e. The maximum absolute atomic E-state index is 12.4. The maximum Gasteiger partial charge on any atom is 0.407 e. The van der Waals surface area contributed by atoms with Gasteiger partial charge in [-0.05, 0) is 45.1 Å². The molecule has 1 aliphatic heterocycles. The van der Waals surface area contributed by atoms with Gasteiger partial charge in [-0.15, -0.1) is 0 Å². The normalized spacial score (nSPS) is 19.6. The lowest BCUT2D eigenvalue weighted by atomic mass is 9.97. The van der Waals surface area contributed by atoms with E-state index in [1.54, 1.807) is 0 Å². The van der Waals surface area contributed by atoms with Crippen LogP contribution in [0.25, 0.3) is 0 Å². The van der Waals surface area contributed by atoms with Crippen molar-refractivity contribution in [2.75, 3.05) is 18.8 Å². The number of likely N-dealkylation sites (tertiary alicyclic amines) is 1. The van der Waals surface area contributed by atoms with Gasteiger partial charge in [0.2, 0.25) is 5.95 Å². The molecule has 0 spiro atoms. The summed E-state index contributed by atoms with van der Waals surface area (Å²) in [7, 11) is 0. The fraction of sp³-hybridized carbons (Fsp3) is 0.500. The summed E-state index contributed by atoms with van der Waals surface area (Å²) in [5, 5.41) is 3.04. The van der Waals surface area contributed by atoms with Gasteiger partial charge in [0.25, 0.3) is 5.56 Å². The lowest BCUT2D eigenvalue weighted by Crippen LogP contribution is -2.43. The maximum atomic E-state index is 12.4. The Morgan fingerprint density at radius 1 is 1.30 bits per heavy atom. The van der Waals surface area contributed by atoms with Crippen LogP contribution < -0.4 is 16.6 Å². The summed E-state index contributed by atoms with van der Waals surface area (Å²) in [4.78, 5) is 33.0. The Balaban J connectivity index is 1.67. The number of alkyl carbamates (subject to hydrolysis) is 1. The quantitative estimate of drug-likeness (QED) is 0.670. The molecular formula is C22H31N5O3. The SMILES string of the molecule is CC(C)(C)OC(=O)N[C@H]1CN(Cc2ccccc2)C[C@H]1CCc1cc(=O)[nH]c(N)n1. The van der Waals surface area contributed by atoms with Crippen LogP contribution in [0.5, 0.6) is 0 Å². The number of H-pyrrole nitrogens is 1. The molecule has 8 heteroatoms. The molecule has 30 heavy (non-hydrogen) atoms. The molecule has 0 saturated carbocycles. The van der Waals surface area contributed by atoms with Crippen LogP contribution >= 0.6 is 0 Å². The molecule has 162 valence electrons. The second-order valence-electron chi connectivity index (χ2n) is 8.85. The van der Waals surface area contributed by atoms with E-state index in [4.69, 9.17) is 10.5 Å².